The molecule has 90 valence electrons. The Balaban J connectivity index is 1.73. The van der Waals surface area contributed by atoms with Crippen molar-refractivity contribution in [3.63, 3.8) is 0 Å². The average Bonchev–Trinajstić information content (AvgIpc) is 2.99. The molecule has 0 spiro atoms. The van der Waals surface area contributed by atoms with E-state index >= 15 is 0 Å². The molecule has 1 saturated heterocycles. The van der Waals surface area contributed by atoms with Gasteiger partial charge in [-0.2, -0.15) is 5.10 Å². The summed E-state index contributed by atoms with van der Waals surface area (Å²) in [4.78, 5) is 4.68. The highest BCUT2D eigenvalue weighted by Gasteiger charge is 2.16. The third-order valence-electron chi connectivity index (χ3n) is 3.14. The minimum Gasteiger partial charge on any atom is -0.314 e. The van der Waals surface area contributed by atoms with Crippen LogP contribution in [-0.2, 0) is 13.5 Å². The zero-order valence-electron chi connectivity index (χ0n) is 9.89. The van der Waals surface area contributed by atoms with E-state index in [-0.39, 0.29) is 0 Å². The Labute approximate surface area is 105 Å². The highest BCUT2D eigenvalue weighted by molar-refractivity contribution is 7.09. The van der Waals surface area contributed by atoms with E-state index in [0.717, 1.165) is 24.2 Å². The Morgan fingerprint density at radius 1 is 1.59 bits per heavy atom. The maximum atomic E-state index is 4.68. The van der Waals surface area contributed by atoms with E-state index in [2.05, 4.69) is 20.8 Å². The molecule has 1 N–H and O–H groups in total. The summed E-state index contributed by atoms with van der Waals surface area (Å²) in [5.41, 5.74) is 2.16. The van der Waals surface area contributed by atoms with Crippen LogP contribution in [0.2, 0.25) is 0 Å². The Hall–Kier alpha value is -1.20. The highest BCUT2D eigenvalue weighted by atomic mass is 32.1. The summed E-state index contributed by atoms with van der Waals surface area (Å²) in [5, 5.41) is 11.0. The van der Waals surface area contributed by atoms with Crippen LogP contribution >= 0.6 is 11.3 Å². The smallest absolute Gasteiger partial charge is 0.0948 e. The SMILES string of the molecule is Cn1cc(-c2csc(CC3CCCN3)n2)cn1. The summed E-state index contributed by atoms with van der Waals surface area (Å²) in [6, 6.07) is 0.628. The number of hydrogen-bond acceptors (Lipinski definition) is 4. The fourth-order valence-electron chi connectivity index (χ4n) is 2.23. The third-order valence-corrected chi connectivity index (χ3v) is 4.01. The Kier molecular flexibility index (Phi) is 2.94. The summed E-state index contributed by atoms with van der Waals surface area (Å²) in [7, 11) is 1.93. The van der Waals surface area contributed by atoms with Gasteiger partial charge in [0.15, 0.2) is 0 Å². The largest absolute Gasteiger partial charge is 0.314 e. The molecule has 1 fully saturated rings. The molecular formula is C12H16N4S. The molecule has 4 nitrogen and oxygen atoms in total. The van der Waals surface area contributed by atoms with Gasteiger partial charge in [0.25, 0.3) is 0 Å². The predicted octanol–water partition coefficient (Wildman–Crippen LogP) is 1.84. The molecule has 0 bridgehead atoms. The van der Waals surface area contributed by atoms with Crippen molar-refractivity contribution in [2.45, 2.75) is 25.3 Å². The van der Waals surface area contributed by atoms with Gasteiger partial charge in [-0.3, -0.25) is 4.68 Å². The van der Waals surface area contributed by atoms with E-state index in [0.29, 0.717) is 6.04 Å². The number of nitrogens with zero attached hydrogens (tertiary/aromatic N) is 3. The zero-order chi connectivity index (χ0) is 11.7. The van der Waals surface area contributed by atoms with E-state index < -0.39 is 0 Å². The topological polar surface area (TPSA) is 42.7 Å². The van der Waals surface area contributed by atoms with Gasteiger partial charge in [-0.1, -0.05) is 0 Å². The van der Waals surface area contributed by atoms with Crippen LogP contribution in [0.15, 0.2) is 17.8 Å². The third kappa shape index (κ3) is 2.40. The number of rotatable bonds is 3. The van der Waals surface area contributed by atoms with E-state index in [4.69, 9.17) is 0 Å². The molecule has 1 unspecified atom stereocenters. The van der Waals surface area contributed by atoms with Gasteiger partial charge in [-0.05, 0) is 19.4 Å². The molecule has 2 aromatic heterocycles. The van der Waals surface area contributed by atoms with E-state index in [9.17, 15) is 0 Å². The first-order chi connectivity index (χ1) is 8.31. The van der Waals surface area contributed by atoms with Crippen LogP contribution in [0.25, 0.3) is 11.3 Å². The van der Waals surface area contributed by atoms with Crippen LogP contribution in [0.3, 0.4) is 0 Å². The van der Waals surface area contributed by atoms with Gasteiger partial charge in [-0.15, -0.1) is 11.3 Å². The van der Waals surface area contributed by atoms with Crippen molar-refractivity contribution < 1.29 is 0 Å². The van der Waals surface area contributed by atoms with Crippen LogP contribution in [-0.4, -0.2) is 27.4 Å². The van der Waals surface area contributed by atoms with Crippen LogP contribution in [0, 0.1) is 0 Å². The Morgan fingerprint density at radius 3 is 3.24 bits per heavy atom. The molecule has 0 amide bonds. The lowest BCUT2D eigenvalue weighted by molar-refractivity contribution is 0.601. The first kappa shape index (κ1) is 10.9. The number of aromatic nitrogens is 3. The normalized spacial score (nSPS) is 19.9. The maximum Gasteiger partial charge on any atom is 0.0948 e. The molecule has 17 heavy (non-hydrogen) atoms. The summed E-state index contributed by atoms with van der Waals surface area (Å²) < 4.78 is 1.81. The molecule has 1 atom stereocenters. The van der Waals surface area contributed by atoms with Gasteiger partial charge in [0.1, 0.15) is 0 Å². The number of hydrogen-bond donors (Lipinski definition) is 1. The van der Waals surface area contributed by atoms with Crippen molar-refractivity contribution in [1.29, 1.82) is 0 Å². The second-order valence-electron chi connectivity index (χ2n) is 4.53. The molecule has 0 radical (unpaired) electrons. The van der Waals surface area contributed by atoms with Gasteiger partial charge in [0.2, 0.25) is 0 Å². The number of aryl methyl sites for hydroxylation is 1. The monoisotopic (exact) mass is 248 g/mol. The molecule has 0 saturated carbocycles. The van der Waals surface area contributed by atoms with Crippen LogP contribution in [0.1, 0.15) is 17.8 Å². The molecule has 2 aromatic rings. The predicted molar refractivity (Wildman–Crippen MR) is 69.0 cm³/mol. The van der Waals surface area contributed by atoms with Crippen LogP contribution in [0.4, 0.5) is 0 Å². The number of nitrogens with one attached hydrogen (secondary N) is 1. The van der Waals surface area contributed by atoms with Gasteiger partial charge >= 0.3 is 0 Å². The molecule has 0 aromatic carbocycles. The molecule has 5 heteroatoms. The molecule has 3 heterocycles. The highest BCUT2D eigenvalue weighted by Crippen LogP contribution is 2.23. The second-order valence-corrected chi connectivity index (χ2v) is 5.47. The molecule has 1 aliphatic heterocycles. The van der Waals surface area contributed by atoms with Gasteiger partial charge < -0.3 is 5.32 Å². The standard InChI is InChI=1S/C12H16N4S/c1-16-7-9(6-14-16)11-8-17-12(15-11)5-10-3-2-4-13-10/h6-8,10,13H,2-5H2,1H3. The lowest BCUT2D eigenvalue weighted by atomic mass is 10.2. The van der Waals surface area contributed by atoms with Gasteiger partial charge in [-0.25, -0.2) is 4.98 Å². The minimum atomic E-state index is 0.628. The first-order valence-corrected chi connectivity index (χ1v) is 6.86. The summed E-state index contributed by atoms with van der Waals surface area (Å²) in [6.07, 6.45) is 7.51. The average molecular weight is 248 g/mol. The van der Waals surface area contributed by atoms with Crippen molar-refractivity contribution in [1.82, 2.24) is 20.1 Å². The fourth-order valence-corrected chi connectivity index (χ4v) is 3.12. The summed E-state index contributed by atoms with van der Waals surface area (Å²) >= 11 is 1.75. The van der Waals surface area contributed by atoms with Crippen LogP contribution < -0.4 is 5.32 Å². The zero-order valence-corrected chi connectivity index (χ0v) is 10.7. The molecule has 3 rings (SSSR count). The molecule has 0 aliphatic carbocycles. The first-order valence-electron chi connectivity index (χ1n) is 5.98. The van der Waals surface area contributed by atoms with Crippen molar-refractivity contribution in [3.05, 3.63) is 22.8 Å². The van der Waals surface area contributed by atoms with Crippen LogP contribution in [0.5, 0.6) is 0 Å². The van der Waals surface area contributed by atoms with Crippen molar-refractivity contribution in [3.8, 4) is 11.3 Å². The minimum absolute atomic E-state index is 0.628. The van der Waals surface area contributed by atoms with Gasteiger partial charge in [0.05, 0.1) is 16.9 Å². The summed E-state index contributed by atoms with van der Waals surface area (Å²) in [5.74, 6) is 0. The molecular weight excluding hydrogens is 232 g/mol. The molecule has 1 aliphatic rings. The Morgan fingerprint density at radius 2 is 2.53 bits per heavy atom. The van der Waals surface area contributed by atoms with Gasteiger partial charge in [0, 0.05) is 36.7 Å². The van der Waals surface area contributed by atoms with E-state index in [1.54, 1.807) is 11.3 Å². The number of thiazole rings is 1. The van der Waals surface area contributed by atoms with Crippen molar-refractivity contribution in [2.24, 2.45) is 7.05 Å². The Bertz CT molecular complexity index is 496. The maximum absolute atomic E-state index is 4.68. The summed E-state index contributed by atoms with van der Waals surface area (Å²) in [6.45, 7) is 1.16. The fraction of sp³-hybridized carbons (Fsp3) is 0.500. The quantitative estimate of drug-likeness (QED) is 0.901. The lowest BCUT2D eigenvalue weighted by Gasteiger charge is -2.06. The lowest BCUT2D eigenvalue weighted by Crippen LogP contribution is -2.23. The second kappa shape index (κ2) is 4.58. The van der Waals surface area contributed by atoms with Crippen molar-refractivity contribution >= 4 is 11.3 Å². The van der Waals surface area contributed by atoms with E-state index in [1.807, 2.05) is 24.1 Å². The van der Waals surface area contributed by atoms with E-state index in [1.165, 1.54) is 17.8 Å². The van der Waals surface area contributed by atoms with Crippen molar-refractivity contribution in [2.75, 3.05) is 6.54 Å².